The minimum atomic E-state index is -0.222. The molecule has 0 saturated heterocycles. The van der Waals surface area contributed by atoms with Crippen LogP contribution in [0.3, 0.4) is 0 Å². The molecule has 1 heterocycles. The maximum atomic E-state index is 11.4. The standard InChI is InChI=1S/C10H13BO2/c1-3-8-6-5-7-11-9(8)10(12)13-4-2/h5-7H,3-4H2,1-2H3. The first-order valence-electron chi connectivity index (χ1n) is 4.54. The van der Waals surface area contributed by atoms with Crippen LogP contribution in [-0.4, -0.2) is 19.5 Å². The second-order valence-electron chi connectivity index (χ2n) is 2.73. The zero-order chi connectivity index (χ0) is 9.68. The Bertz CT molecular complexity index is 297. The number of hydrogen-bond donors (Lipinski definition) is 0. The van der Waals surface area contributed by atoms with Crippen molar-refractivity contribution in [3.8, 4) is 0 Å². The third-order valence-electron chi connectivity index (χ3n) is 1.89. The van der Waals surface area contributed by atoms with E-state index in [1.54, 1.807) is 6.91 Å². The van der Waals surface area contributed by atoms with Crippen LogP contribution >= 0.6 is 0 Å². The van der Waals surface area contributed by atoms with Gasteiger partial charge in [-0.2, -0.15) is 0 Å². The fourth-order valence-corrected chi connectivity index (χ4v) is 1.24. The molecular weight excluding hydrogens is 163 g/mol. The van der Waals surface area contributed by atoms with Crippen molar-refractivity contribution in [2.75, 3.05) is 6.61 Å². The van der Waals surface area contributed by atoms with Crippen LogP contribution in [0.5, 0.6) is 0 Å². The average Bonchev–Trinajstić information content (AvgIpc) is 2.18. The molecule has 0 atom stereocenters. The molecule has 0 spiro atoms. The van der Waals surface area contributed by atoms with E-state index in [2.05, 4.69) is 0 Å². The van der Waals surface area contributed by atoms with Crippen LogP contribution in [-0.2, 0) is 11.2 Å². The summed E-state index contributed by atoms with van der Waals surface area (Å²) in [6.07, 6.45) is 0.856. The van der Waals surface area contributed by atoms with Gasteiger partial charge in [-0.25, -0.2) is 0 Å². The van der Waals surface area contributed by atoms with Gasteiger partial charge in [0.05, 0.1) is 0 Å². The molecule has 1 rings (SSSR count). The van der Waals surface area contributed by atoms with E-state index < -0.39 is 0 Å². The van der Waals surface area contributed by atoms with Gasteiger partial charge in [-0.15, -0.1) is 0 Å². The quantitative estimate of drug-likeness (QED) is 0.656. The molecule has 0 saturated carbocycles. The Morgan fingerprint density at radius 1 is 1.54 bits per heavy atom. The van der Waals surface area contributed by atoms with Gasteiger partial charge in [0.25, 0.3) is 0 Å². The summed E-state index contributed by atoms with van der Waals surface area (Å²) in [5, 5.41) is 0. The van der Waals surface area contributed by atoms with Crippen LogP contribution in [0.4, 0.5) is 0 Å². The van der Waals surface area contributed by atoms with Crippen LogP contribution in [0.25, 0.3) is 0 Å². The first kappa shape index (κ1) is 9.97. The van der Waals surface area contributed by atoms with Crippen LogP contribution in [0.1, 0.15) is 29.7 Å². The van der Waals surface area contributed by atoms with Crippen LogP contribution in [0.15, 0.2) is 18.1 Å². The van der Waals surface area contributed by atoms with Crippen molar-refractivity contribution in [1.82, 2.24) is 0 Å². The van der Waals surface area contributed by atoms with Crippen molar-refractivity contribution in [3.05, 3.63) is 29.1 Å². The van der Waals surface area contributed by atoms with Crippen molar-refractivity contribution in [2.45, 2.75) is 20.3 Å². The fourth-order valence-electron chi connectivity index (χ4n) is 1.24. The van der Waals surface area contributed by atoms with Gasteiger partial charge in [-0.1, -0.05) is 0 Å². The molecule has 1 aromatic heterocycles. The zero-order valence-corrected chi connectivity index (χ0v) is 8.04. The summed E-state index contributed by atoms with van der Waals surface area (Å²) in [4.78, 5) is 11.4. The van der Waals surface area contributed by atoms with E-state index in [0.717, 1.165) is 12.0 Å². The predicted octanol–water partition coefficient (Wildman–Crippen LogP) is 1.76. The summed E-state index contributed by atoms with van der Waals surface area (Å²) < 4.78 is 4.93. The monoisotopic (exact) mass is 176 g/mol. The first-order valence-corrected chi connectivity index (χ1v) is 4.54. The summed E-state index contributed by atoms with van der Waals surface area (Å²) in [5.74, 6) is 1.63. The van der Waals surface area contributed by atoms with Crippen molar-refractivity contribution in [1.29, 1.82) is 0 Å². The van der Waals surface area contributed by atoms with E-state index in [1.807, 2.05) is 31.9 Å². The number of carbonyl (C=O) groups is 1. The molecule has 1 aromatic rings. The molecule has 3 heteroatoms. The van der Waals surface area contributed by atoms with Gasteiger partial charge in [-0.3, -0.25) is 0 Å². The second-order valence-corrected chi connectivity index (χ2v) is 2.73. The van der Waals surface area contributed by atoms with E-state index in [-0.39, 0.29) is 5.97 Å². The SMILES string of the molecule is CCOC(=O)c1bcccc1CC. The maximum absolute atomic E-state index is 11.4. The van der Waals surface area contributed by atoms with Crippen LogP contribution < -0.4 is 0 Å². The van der Waals surface area contributed by atoms with E-state index in [4.69, 9.17) is 4.74 Å². The molecule has 0 fully saturated rings. The normalized spacial score (nSPS) is 9.38. The molecule has 0 aliphatic heterocycles. The minimum absolute atomic E-state index is 0.222. The van der Waals surface area contributed by atoms with E-state index >= 15 is 0 Å². The third kappa shape index (κ3) is 2.41. The molecule has 0 aliphatic carbocycles. The molecule has 0 unspecified atom stereocenters. The van der Waals surface area contributed by atoms with Crippen molar-refractivity contribution in [3.63, 3.8) is 0 Å². The number of carbonyl (C=O) groups excluding carboxylic acids is 1. The first-order chi connectivity index (χ1) is 6.29. The van der Waals surface area contributed by atoms with Crippen molar-refractivity contribution in [2.24, 2.45) is 0 Å². The number of aryl methyl sites for hydroxylation is 1. The molecule has 0 amide bonds. The topological polar surface area (TPSA) is 26.3 Å². The molecule has 0 aliphatic rings. The Hall–Kier alpha value is -1.12. The van der Waals surface area contributed by atoms with E-state index in [1.165, 1.54) is 0 Å². The molecule has 0 aromatic carbocycles. The Morgan fingerprint density at radius 3 is 2.92 bits per heavy atom. The number of hydrogen-bond acceptors (Lipinski definition) is 2. The fraction of sp³-hybridized carbons (Fsp3) is 0.400. The molecular formula is C10H13BO2. The molecule has 68 valence electrons. The van der Waals surface area contributed by atoms with Gasteiger partial charge < -0.3 is 0 Å². The van der Waals surface area contributed by atoms with E-state index in [0.29, 0.717) is 12.1 Å². The predicted molar refractivity (Wildman–Crippen MR) is 53.1 cm³/mol. The molecule has 2 nitrogen and oxygen atoms in total. The zero-order valence-electron chi connectivity index (χ0n) is 8.04. The van der Waals surface area contributed by atoms with Gasteiger partial charge in [0, 0.05) is 0 Å². The van der Waals surface area contributed by atoms with Gasteiger partial charge in [0.15, 0.2) is 0 Å². The van der Waals surface area contributed by atoms with Crippen molar-refractivity contribution < 1.29 is 9.53 Å². The van der Waals surface area contributed by atoms with Crippen molar-refractivity contribution >= 4 is 12.9 Å². The molecule has 13 heavy (non-hydrogen) atoms. The van der Waals surface area contributed by atoms with Crippen LogP contribution in [0.2, 0.25) is 0 Å². The molecule has 0 radical (unpaired) electrons. The van der Waals surface area contributed by atoms with Gasteiger partial charge in [0.2, 0.25) is 0 Å². The number of rotatable bonds is 3. The van der Waals surface area contributed by atoms with Gasteiger partial charge >= 0.3 is 78.4 Å². The number of esters is 1. The third-order valence-corrected chi connectivity index (χ3v) is 1.89. The Balaban J connectivity index is 2.92. The van der Waals surface area contributed by atoms with Crippen LogP contribution in [0, 0.1) is 0 Å². The molecule has 0 bridgehead atoms. The summed E-state index contributed by atoms with van der Waals surface area (Å²) in [5.41, 5.74) is 1.73. The Kier molecular flexibility index (Phi) is 3.68. The Labute approximate surface area is 79.1 Å². The summed E-state index contributed by atoms with van der Waals surface area (Å²) in [7, 11) is 0. The number of ether oxygens (including phenoxy) is 1. The summed E-state index contributed by atoms with van der Waals surface area (Å²) >= 11 is 0. The second kappa shape index (κ2) is 4.80. The Morgan fingerprint density at radius 2 is 2.31 bits per heavy atom. The summed E-state index contributed by atoms with van der Waals surface area (Å²) in [6.45, 7) is 6.07. The average molecular weight is 176 g/mol. The molecule has 0 N–H and O–H groups in total. The summed E-state index contributed by atoms with van der Waals surface area (Å²) in [6, 6.07) is 3.88. The van der Waals surface area contributed by atoms with Gasteiger partial charge in [-0.05, 0) is 0 Å². The van der Waals surface area contributed by atoms with E-state index in [9.17, 15) is 4.79 Å². The van der Waals surface area contributed by atoms with Gasteiger partial charge in [0.1, 0.15) is 0 Å².